The molecule has 0 fully saturated rings. The van der Waals surface area contributed by atoms with Crippen LogP contribution in [0.5, 0.6) is 0 Å². The van der Waals surface area contributed by atoms with Gasteiger partial charge in [0.05, 0.1) is 5.57 Å². The van der Waals surface area contributed by atoms with Gasteiger partial charge in [-0.15, -0.1) is 5.10 Å². The third-order valence-corrected chi connectivity index (χ3v) is 4.46. The Morgan fingerprint density at radius 3 is 2.73 bits per heavy atom. The fourth-order valence-corrected chi connectivity index (χ4v) is 3.26. The average Bonchev–Trinajstić information content (AvgIpc) is 3.04. The number of hydrogen-bond acceptors (Lipinski definition) is 5. The number of pyridine rings is 1. The van der Waals surface area contributed by atoms with Crippen LogP contribution >= 0.6 is 11.6 Å². The first-order valence-corrected chi connectivity index (χ1v) is 8.32. The van der Waals surface area contributed by atoms with E-state index in [0.29, 0.717) is 28.1 Å². The molecule has 0 bridgehead atoms. The number of carbonyl (C=O) groups is 1. The molecule has 1 aromatic carbocycles. The van der Waals surface area contributed by atoms with Crippen LogP contribution in [0.4, 0.5) is 5.95 Å². The Morgan fingerprint density at radius 2 is 2.04 bits per heavy atom. The number of allylic oxidation sites excluding steroid dienone is 1. The Balaban J connectivity index is 1.89. The standard InChI is InChI=1S/C18H15ClN6O/c1-10-14(16(20)26)15(11-5-7-21-8-6-11)25-18(22-10)23-17(24-25)12-3-2-4-13(19)9-12/h2-9,15H,1H3,(H2,20,26)(H,22,23,24)/t15-/m0/s1. The molecule has 0 spiro atoms. The molecule has 0 aliphatic carbocycles. The second-order valence-corrected chi connectivity index (χ2v) is 6.36. The lowest BCUT2D eigenvalue weighted by Gasteiger charge is -2.27. The summed E-state index contributed by atoms with van der Waals surface area (Å²) in [6.07, 6.45) is 3.33. The largest absolute Gasteiger partial charge is 0.366 e. The van der Waals surface area contributed by atoms with Gasteiger partial charge in [0.1, 0.15) is 6.04 Å². The average molecular weight is 367 g/mol. The van der Waals surface area contributed by atoms with E-state index in [2.05, 4.69) is 20.4 Å². The molecule has 26 heavy (non-hydrogen) atoms. The van der Waals surface area contributed by atoms with E-state index in [1.807, 2.05) is 24.3 Å². The fourth-order valence-electron chi connectivity index (χ4n) is 3.07. The Morgan fingerprint density at radius 1 is 1.27 bits per heavy atom. The summed E-state index contributed by atoms with van der Waals surface area (Å²) in [6.45, 7) is 1.80. The third-order valence-electron chi connectivity index (χ3n) is 4.22. The van der Waals surface area contributed by atoms with Crippen LogP contribution in [0.25, 0.3) is 11.4 Å². The van der Waals surface area contributed by atoms with Gasteiger partial charge >= 0.3 is 0 Å². The van der Waals surface area contributed by atoms with Crippen molar-refractivity contribution in [2.75, 3.05) is 5.32 Å². The van der Waals surface area contributed by atoms with Gasteiger partial charge in [0.15, 0.2) is 5.82 Å². The molecule has 1 aliphatic heterocycles. The van der Waals surface area contributed by atoms with E-state index in [1.54, 1.807) is 36.1 Å². The van der Waals surface area contributed by atoms with Crippen LogP contribution in [-0.4, -0.2) is 25.7 Å². The van der Waals surface area contributed by atoms with Gasteiger partial charge in [0.25, 0.3) is 0 Å². The molecular formula is C18H15ClN6O. The molecule has 130 valence electrons. The number of carbonyl (C=O) groups excluding carboxylic acids is 1. The molecule has 0 radical (unpaired) electrons. The maximum atomic E-state index is 12.1. The van der Waals surface area contributed by atoms with Crippen LogP contribution < -0.4 is 11.1 Å². The maximum Gasteiger partial charge on any atom is 0.248 e. The van der Waals surface area contributed by atoms with E-state index in [0.717, 1.165) is 11.1 Å². The summed E-state index contributed by atoms with van der Waals surface area (Å²) in [4.78, 5) is 20.7. The summed E-state index contributed by atoms with van der Waals surface area (Å²) in [5, 5.41) is 8.32. The van der Waals surface area contributed by atoms with Gasteiger partial charge in [-0.05, 0) is 36.8 Å². The van der Waals surface area contributed by atoms with Crippen molar-refractivity contribution in [3.63, 3.8) is 0 Å². The number of amides is 1. The third kappa shape index (κ3) is 2.72. The van der Waals surface area contributed by atoms with Crippen LogP contribution in [0.1, 0.15) is 18.5 Å². The first-order chi connectivity index (χ1) is 12.5. The molecule has 7 nitrogen and oxygen atoms in total. The molecule has 1 amide bonds. The minimum Gasteiger partial charge on any atom is -0.366 e. The predicted molar refractivity (Wildman–Crippen MR) is 98.4 cm³/mol. The Bertz CT molecular complexity index is 1030. The highest BCUT2D eigenvalue weighted by atomic mass is 35.5. The molecule has 3 heterocycles. The first kappa shape index (κ1) is 16.3. The van der Waals surface area contributed by atoms with Gasteiger partial charge in [0, 0.05) is 28.7 Å². The molecule has 0 saturated carbocycles. The Labute approximate surface area is 154 Å². The van der Waals surface area contributed by atoms with Crippen molar-refractivity contribution in [1.82, 2.24) is 19.7 Å². The van der Waals surface area contributed by atoms with Gasteiger partial charge < -0.3 is 11.1 Å². The van der Waals surface area contributed by atoms with Gasteiger partial charge in [-0.2, -0.15) is 4.98 Å². The molecular weight excluding hydrogens is 352 g/mol. The zero-order valence-corrected chi connectivity index (χ0v) is 14.6. The minimum absolute atomic E-state index is 0.436. The predicted octanol–water partition coefficient (Wildman–Crippen LogP) is 2.77. The van der Waals surface area contributed by atoms with E-state index >= 15 is 0 Å². The topological polar surface area (TPSA) is 98.7 Å². The number of primary amides is 1. The number of fused-ring (bicyclic) bond motifs is 1. The molecule has 8 heteroatoms. The molecule has 1 aliphatic rings. The number of nitrogens with zero attached hydrogens (tertiary/aromatic N) is 4. The molecule has 0 saturated heterocycles. The van der Waals surface area contributed by atoms with Crippen molar-refractivity contribution in [3.8, 4) is 11.4 Å². The second-order valence-electron chi connectivity index (χ2n) is 5.92. The fraction of sp³-hybridized carbons (Fsp3) is 0.111. The van der Waals surface area contributed by atoms with Gasteiger partial charge in [-0.1, -0.05) is 23.7 Å². The van der Waals surface area contributed by atoms with E-state index < -0.39 is 11.9 Å². The lowest BCUT2D eigenvalue weighted by Crippen LogP contribution is -2.31. The summed E-state index contributed by atoms with van der Waals surface area (Å²) < 4.78 is 1.67. The number of benzene rings is 1. The molecule has 4 rings (SSSR count). The van der Waals surface area contributed by atoms with E-state index in [-0.39, 0.29) is 0 Å². The summed E-state index contributed by atoms with van der Waals surface area (Å²) in [5.41, 5.74) is 8.37. The van der Waals surface area contributed by atoms with E-state index in [4.69, 9.17) is 17.3 Å². The molecule has 2 aromatic heterocycles. The highest BCUT2D eigenvalue weighted by Crippen LogP contribution is 2.35. The summed E-state index contributed by atoms with van der Waals surface area (Å²) in [6, 6.07) is 10.5. The van der Waals surface area contributed by atoms with Crippen molar-refractivity contribution in [1.29, 1.82) is 0 Å². The van der Waals surface area contributed by atoms with Gasteiger partial charge in [-0.25, -0.2) is 4.68 Å². The number of hydrogen-bond donors (Lipinski definition) is 2. The van der Waals surface area contributed by atoms with Crippen LogP contribution in [0, 0.1) is 0 Å². The van der Waals surface area contributed by atoms with Gasteiger partial charge in [-0.3, -0.25) is 9.78 Å². The number of rotatable bonds is 3. The van der Waals surface area contributed by atoms with Crippen molar-refractivity contribution < 1.29 is 4.79 Å². The van der Waals surface area contributed by atoms with Crippen LogP contribution in [0.15, 0.2) is 60.1 Å². The van der Waals surface area contributed by atoms with Crippen LogP contribution in [-0.2, 0) is 4.79 Å². The minimum atomic E-state index is -0.512. The monoisotopic (exact) mass is 366 g/mol. The normalized spacial score (nSPS) is 16.2. The summed E-state index contributed by atoms with van der Waals surface area (Å²) in [5.74, 6) is 0.527. The quantitative estimate of drug-likeness (QED) is 0.742. The first-order valence-electron chi connectivity index (χ1n) is 7.94. The molecule has 3 N–H and O–H groups in total. The zero-order chi connectivity index (χ0) is 18.3. The van der Waals surface area contributed by atoms with E-state index in [1.165, 1.54) is 0 Å². The van der Waals surface area contributed by atoms with Crippen molar-refractivity contribution in [2.45, 2.75) is 13.0 Å². The van der Waals surface area contributed by atoms with Crippen molar-refractivity contribution in [2.24, 2.45) is 5.73 Å². The maximum absolute atomic E-state index is 12.1. The summed E-state index contributed by atoms with van der Waals surface area (Å²) >= 11 is 6.08. The highest BCUT2D eigenvalue weighted by Gasteiger charge is 2.33. The second kappa shape index (κ2) is 6.27. The zero-order valence-electron chi connectivity index (χ0n) is 13.8. The lowest BCUT2D eigenvalue weighted by molar-refractivity contribution is -0.115. The van der Waals surface area contributed by atoms with Crippen LogP contribution in [0.3, 0.4) is 0 Å². The Kier molecular flexibility index (Phi) is 3.93. The number of halogens is 1. The molecule has 0 unspecified atom stereocenters. The number of anilines is 1. The smallest absolute Gasteiger partial charge is 0.248 e. The summed E-state index contributed by atoms with van der Waals surface area (Å²) in [7, 11) is 0. The molecule has 1 atom stereocenters. The lowest BCUT2D eigenvalue weighted by atomic mass is 9.96. The highest BCUT2D eigenvalue weighted by molar-refractivity contribution is 6.30. The van der Waals surface area contributed by atoms with E-state index in [9.17, 15) is 4.79 Å². The van der Waals surface area contributed by atoms with Crippen molar-refractivity contribution in [3.05, 3.63) is 70.6 Å². The van der Waals surface area contributed by atoms with Gasteiger partial charge in [0.2, 0.25) is 11.9 Å². The number of nitrogens with one attached hydrogen (secondary N) is 1. The SMILES string of the molecule is CC1=C(C(N)=O)[C@H](c2ccncc2)n2nc(-c3cccc(Cl)c3)nc2N1. The number of aromatic nitrogens is 4. The molecule has 3 aromatic rings. The van der Waals surface area contributed by atoms with Crippen LogP contribution in [0.2, 0.25) is 5.02 Å². The van der Waals surface area contributed by atoms with Crippen molar-refractivity contribution >= 4 is 23.5 Å². The number of nitrogens with two attached hydrogens (primary N) is 1. The Hall–Kier alpha value is -3.19.